The SMILES string of the molecule is COc1ccc(OC)c(CCN(C)CCCC#N)c1. The highest BCUT2D eigenvalue weighted by Crippen LogP contribution is 2.24. The summed E-state index contributed by atoms with van der Waals surface area (Å²) in [7, 11) is 5.42. The molecule has 1 aromatic carbocycles. The molecule has 4 heteroatoms. The van der Waals surface area contributed by atoms with Crippen molar-refractivity contribution in [1.82, 2.24) is 4.90 Å². The maximum Gasteiger partial charge on any atom is 0.122 e. The Bertz CT molecular complexity index is 427. The first-order valence-corrected chi connectivity index (χ1v) is 6.47. The monoisotopic (exact) mass is 262 g/mol. The molecule has 0 fully saturated rings. The van der Waals surface area contributed by atoms with Gasteiger partial charge in [0.05, 0.1) is 20.3 Å². The van der Waals surface area contributed by atoms with Gasteiger partial charge < -0.3 is 14.4 Å². The minimum absolute atomic E-state index is 0.618. The molecule has 0 aliphatic carbocycles. The van der Waals surface area contributed by atoms with Crippen LogP contribution in [0, 0.1) is 11.3 Å². The lowest BCUT2D eigenvalue weighted by Gasteiger charge is -2.17. The van der Waals surface area contributed by atoms with Gasteiger partial charge in [0, 0.05) is 13.0 Å². The van der Waals surface area contributed by atoms with Gasteiger partial charge in [-0.15, -0.1) is 0 Å². The van der Waals surface area contributed by atoms with Gasteiger partial charge in [-0.3, -0.25) is 0 Å². The number of methoxy groups -OCH3 is 2. The van der Waals surface area contributed by atoms with E-state index >= 15 is 0 Å². The first-order chi connectivity index (χ1) is 9.21. The van der Waals surface area contributed by atoms with E-state index in [1.807, 2.05) is 18.2 Å². The first-order valence-electron chi connectivity index (χ1n) is 6.47. The molecule has 104 valence electrons. The van der Waals surface area contributed by atoms with Gasteiger partial charge in [-0.2, -0.15) is 5.26 Å². The Balaban J connectivity index is 2.53. The van der Waals surface area contributed by atoms with Crippen LogP contribution in [-0.2, 0) is 6.42 Å². The molecular weight excluding hydrogens is 240 g/mol. The maximum atomic E-state index is 8.51. The number of nitriles is 1. The van der Waals surface area contributed by atoms with E-state index in [0.29, 0.717) is 6.42 Å². The predicted octanol–water partition coefficient (Wildman–Crippen LogP) is 2.48. The zero-order chi connectivity index (χ0) is 14.1. The zero-order valence-corrected chi connectivity index (χ0v) is 12.0. The molecule has 0 N–H and O–H groups in total. The Morgan fingerprint density at radius 1 is 1.21 bits per heavy atom. The van der Waals surface area contributed by atoms with Gasteiger partial charge in [-0.05, 0) is 50.2 Å². The molecular formula is C15H22N2O2. The molecule has 0 aliphatic heterocycles. The van der Waals surface area contributed by atoms with Gasteiger partial charge in [0.1, 0.15) is 11.5 Å². The molecule has 1 rings (SSSR count). The highest BCUT2D eigenvalue weighted by Gasteiger charge is 2.06. The molecule has 0 atom stereocenters. The fourth-order valence-corrected chi connectivity index (χ4v) is 1.93. The Morgan fingerprint density at radius 2 is 2.00 bits per heavy atom. The van der Waals surface area contributed by atoms with Crippen LogP contribution in [-0.4, -0.2) is 39.3 Å². The lowest BCUT2D eigenvalue weighted by molar-refractivity contribution is 0.331. The second-order valence-corrected chi connectivity index (χ2v) is 4.49. The van der Waals surface area contributed by atoms with E-state index < -0.39 is 0 Å². The molecule has 0 aromatic heterocycles. The molecule has 4 nitrogen and oxygen atoms in total. The summed E-state index contributed by atoms with van der Waals surface area (Å²) >= 11 is 0. The van der Waals surface area contributed by atoms with E-state index in [-0.39, 0.29) is 0 Å². The fraction of sp³-hybridized carbons (Fsp3) is 0.533. The van der Waals surface area contributed by atoms with Gasteiger partial charge in [0.2, 0.25) is 0 Å². The normalized spacial score (nSPS) is 10.3. The third-order valence-electron chi connectivity index (χ3n) is 3.08. The minimum Gasteiger partial charge on any atom is -0.497 e. The van der Waals surface area contributed by atoms with Crippen LogP contribution in [0.15, 0.2) is 18.2 Å². The number of benzene rings is 1. The lowest BCUT2D eigenvalue weighted by atomic mass is 10.1. The second kappa shape index (κ2) is 8.39. The summed E-state index contributed by atoms with van der Waals surface area (Å²) in [5, 5.41) is 8.51. The van der Waals surface area contributed by atoms with Gasteiger partial charge >= 0.3 is 0 Å². The summed E-state index contributed by atoms with van der Waals surface area (Å²) in [5.41, 5.74) is 1.15. The average molecular weight is 262 g/mol. The van der Waals surface area contributed by atoms with Crippen LogP contribution in [0.25, 0.3) is 0 Å². The van der Waals surface area contributed by atoms with Crippen molar-refractivity contribution in [1.29, 1.82) is 5.26 Å². The van der Waals surface area contributed by atoms with E-state index in [4.69, 9.17) is 14.7 Å². The third kappa shape index (κ3) is 5.19. The molecule has 0 radical (unpaired) electrons. The van der Waals surface area contributed by atoms with Crippen molar-refractivity contribution in [3.8, 4) is 17.6 Å². The molecule has 0 spiro atoms. The van der Waals surface area contributed by atoms with Crippen molar-refractivity contribution in [2.75, 3.05) is 34.4 Å². The molecule has 0 aliphatic rings. The molecule has 0 amide bonds. The third-order valence-corrected chi connectivity index (χ3v) is 3.08. The summed E-state index contributed by atoms with van der Waals surface area (Å²) < 4.78 is 10.6. The number of likely N-dealkylation sites (N-methyl/N-ethyl adjacent to an activating group) is 1. The maximum absolute atomic E-state index is 8.51. The average Bonchev–Trinajstić information content (AvgIpc) is 2.45. The Morgan fingerprint density at radius 3 is 2.63 bits per heavy atom. The van der Waals surface area contributed by atoms with Crippen LogP contribution in [0.3, 0.4) is 0 Å². The Hall–Kier alpha value is -1.73. The topological polar surface area (TPSA) is 45.5 Å². The zero-order valence-electron chi connectivity index (χ0n) is 12.0. The van der Waals surface area contributed by atoms with Crippen LogP contribution in [0.2, 0.25) is 0 Å². The minimum atomic E-state index is 0.618. The summed E-state index contributed by atoms with van der Waals surface area (Å²) in [5.74, 6) is 1.74. The number of hydrogen-bond donors (Lipinski definition) is 0. The van der Waals surface area contributed by atoms with Crippen molar-refractivity contribution >= 4 is 0 Å². The van der Waals surface area contributed by atoms with E-state index in [9.17, 15) is 0 Å². The van der Waals surface area contributed by atoms with Crippen molar-refractivity contribution in [2.45, 2.75) is 19.3 Å². The highest BCUT2D eigenvalue weighted by molar-refractivity contribution is 5.40. The molecule has 0 heterocycles. The summed E-state index contributed by atoms with van der Waals surface area (Å²) in [6.45, 7) is 1.88. The first kappa shape index (κ1) is 15.3. The van der Waals surface area contributed by atoms with Gasteiger partial charge in [-0.25, -0.2) is 0 Å². The van der Waals surface area contributed by atoms with Gasteiger partial charge in [0.15, 0.2) is 0 Å². The summed E-state index contributed by atoms with van der Waals surface area (Å²) in [6.07, 6.45) is 2.44. The lowest BCUT2D eigenvalue weighted by Crippen LogP contribution is -2.22. The van der Waals surface area contributed by atoms with Crippen molar-refractivity contribution in [3.63, 3.8) is 0 Å². The van der Waals surface area contributed by atoms with Crippen LogP contribution in [0.4, 0.5) is 0 Å². The Kier molecular flexibility index (Phi) is 6.76. The summed E-state index contributed by atoms with van der Waals surface area (Å²) in [6, 6.07) is 8.02. The van der Waals surface area contributed by atoms with E-state index in [2.05, 4.69) is 18.0 Å². The molecule has 0 unspecified atom stereocenters. The number of unbranched alkanes of at least 4 members (excludes halogenated alkanes) is 1. The van der Waals surface area contributed by atoms with Crippen molar-refractivity contribution in [2.24, 2.45) is 0 Å². The van der Waals surface area contributed by atoms with E-state index in [1.54, 1.807) is 14.2 Å². The number of ether oxygens (including phenoxy) is 2. The fourth-order valence-electron chi connectivity index (χ4n) is 1.93. The van der Waals surface area contributed by atoms with Gasteiger partial charge in [-0.1, -0.05) is 0 Å². The number of rotatable bonds is 8. The smallest absolute Gasteiger partial charge is 0.122 e. The van der Waals surface area contributed by atoms with Gasteiger partial charge in [0.25, 0.3) is 0 Å². The molecule has 0 saturated carbocycles. The van der Waals surface area contributed by atoms with Crippen LogP contribution >= 0.6 is 0 Å². The van der Waals surface area contributed by atoms with Crippen LogP contribution in [0.1, 0.15) is 18.4 Å². The van der Waals surface area contributed by atoms with E-state index in [1.165, 1.54) is 0 Å². The van der Waals surface area contributed by atoms with Crippen molar-refractivity contribution in [3.05, 3.63) is 23.8 Å². The summed E-state index contributed by atoms with van der Waals surface area (Å²) in [4.78, 5) is 2.23. The quantitative estimate of drug-likeness (QED) is 0.675. The molecule has 0 saturated heterocycles. The molecule has 0 bridgehead atoms. The highest BCUT2D eigenvalue weighted by atomic mass is 16.5. The van der Waals surface area contributed by atoms with E-state index in [0.717, 1.165) is 43.0 Å². The van der Waals surface area contributed by atoms with Crippen LogP contribution in [0.5, 0.6) is 11.5 Å². The number of hydrogen-bond acceptors (Lipinski definition) is 4. The Labute approximate surface area is 115 Å². The standard InChI is InChI=1S/C15H22N2O2/c1-17(10-5-4-9-16)11-8-13-12-14(18-2)6-7-15(13)19-3/h6-7,12H,4-5,8,10-11H2,1-3H3. The number of nitrogens with zero attached hydrogens (tertiary/aromatic N) is 2. The van der Waals surface area contributed by atoms with Crippen molar-refractivity contribution < 1.29 is 9.47 Å². The largest absolute Gasteiger partial charge is 0.497 e. The second-order valence-electron chi connectivity index (χ2n) is 4.49. The van der Waals surface area contributed by atoms with Crippen LogP contribution < -0.4 is 9.47 Å². The predicted molar refractivity (Wildman–Crippen MR) is 75.6 cm³/mol. The molecule has 19 heavy (non-hydrogen) atoms. The molecule has 1 aromatic rings.